The third kappa shape index (κ3) is 21.3. The van der Waals surface area contributed by atoms with E-state index in [0.717, 1.165) is 124 Å². The molecule has 1 atom stereocenters. The van der Waals surface area contributed by atoms with Crippen molar-refractivity contribution < 1.29 is 33.7 Å². The lowest BCUT2D eigenvalue weighted by atomic mass is 10.1. The van der Waals surface area contributed by atoms with Crippen molar-refractivity contribution in [2.75, 3.05) is 76.8 Å². The number of nitrogens with zero attached hydrogens (tertiary/aromatic N) is 8. The number of rotatable bonds is 10. The van der Waals surface area contributed by atoms with Crippen molar-refractivity contribution in [3.05, 3.63) is 164 Å². The summed E-state index contributed by atoms with van der Waals surface area (Å²) in [4.78, 5) is 60.2. The van der Waals surface area contributed by atoms with Crippen LogP contribution in [0.5, 0.6) is 0 Å². The van der Waals surface area contributed by atoms with Gasteiger partial charge in [0, 0.05) is 106 Å². The molecule has 0 spiro atoms. The van der Waals surface area contributed by atoms with Gasteiger partial charge in [0.05, 0.1) is 43.8 Å². The quantitative estimate of drug-likeness (QED) is 0.0549. The molecule has 2 fully saturated rings. The van der Waals surface area contributed by atoms with Gasteiger partial charge in [0.2, 0.25) is 5.28 Å². The highest BCUT2D eigenvalue weighted by Gasteiger charge is 2.20. The Bertz CT molecular complexity index is 3640. The van der Waals surface area contributed by atoms with Crippen molar-refractivity contribution in [3.8, 4) is 0 Å². The largest absolute Gasteiger partial charge is 0.477 e. The fourth-order valence-corrected chi connectivity index (χ4v) is 10.1. The summed E-state index contributed by atoms with van der Waals surface area (Å²) in [5.41, 5.74) is 11.3. The Balaban J connectivity index is 0.000000153. The van der Waals surface area contributed by atoms with Crippen molar-refractivity contribution in [2.24, 2.45) is 10.7 Å². The second kappa shape index (κ2) is 32.3. The Morgan fingerprint density at radius 1 is 0.847 bits per heavy atom. The van der Waals surface area contributed by atoms with Crippen LogP contribution in [0.15, 0.2) is 142 Å². The van der Waals surface area contributed by atoms with E-state index in [1.807, 2.05) is 114 Å². The first-order valence-electron chi connectivity index (χ1n) is 27.1. The number of benzene rings is 4. The zero-order valence-corrected chi connectivity index (χ0v) is 52.7. The summed E-state index contributed by atoms with van der Waals surface area (Å²) in [7, 11) is 1.99. The molecule has 3 aliphatic heterocycles. The normalized spacial score (nSPS) is 14.4. The molecule has 9 aromatic rings. The fraction of sp³-hybridized carbons (Fsp3) is 0.295. The molecule has 0 bridgehead atoms. The molecule has 5 aromatic heterocycles. The molecule has 4 aromatic carbocycles. The first kappa shape index (κ1) is 65.2. The van der Waals surface area contributed by atoms with Crippen LogP contribution in [0, 0.1) is 6.92 Å². The number of likely N-dealkylation sites (N-methyl/N-ethyl adjacent to an activating group) is 1. The number of aliphatic imine (C=N–C) groups is 1. The van der Waals surface area contributed by atoms with Crippen molar-refractivity contribution in [2.45, 2.75) is 52.7 Å². The van der Waals surface area contributed by atoms with E-state index in [4.69, 9.17) is 36.7 Å². The van der Waals surface area contributed by atoms with Crippen LogP contribution in [-0.2, 0) is 14.2 Å². The zero-order valence-electron chi connectivity index (χ0n) is 47.9. The smallest absolute Gasteiger partial charge is 0.435 e. The summed E-state index contributed by atoms with van der Waals surface area (Å²) in [6, 6.07) is 32.8. The maximum atomic E-state index is 12.2. The van der Waals surface area contributed by atoms with Crippen LogP contribution in [0.4, 0.5) is 27.8 Å². The highest BCUT2D eigenvalue weighted by atomic mass is 79.9. The number of halogens is 3. The average molecular weight is 1320 g/mol. The number of hydrogen-bond acceptors (Lipinski definition) is 18. The molecule has 0 saturated carbocycles. The molecule has 24 heteroatoms. The second-order valence-corrected chi connectivity index (χ2v) is 23.5. The SMILES string of the molecule is CC(=O)c1cc2ccc(Br)cc2[nH]1.CC(C)(C)OC(=O)n1ncc2cc(Nc3ccnc(Cl)n3)ccc21.CNCCN1CCOCC1.Cc1nccc(Nc2ccc(C3=CCN=C3)cc2)n1.NC1CCOC1.O=C(O)c1cc2ccc(Br)cc2s1. The summed E-state index contributed by atoms with van der Waals surface area (Å²) in [5.74, 6) is 1.34. The van der Waals surface area contributed by atoms with Gasteiger partial charge in [0.25, 0.3) is 0 Å². The third-order valence-corrected chi connectivity index (χ3v) is 14.6. The van der Waals surface area contributed by atoms with Crippen LogP contribution in [0.2, 0.25) is 5.28 Å². The Morgan fingerprint density at radius 2 is 1.54 bits per heavy atom. The third-order valence-electron chi connectivity index (χ3n) is 12.4. The Hall–Kier alpha value is -7.32. The molecule has 0 amide bonds. The number of carboxylic acids is 1. The molecular weight excluding hydrogens is 1250 g/mol. The van der Waals surface area contributed by atoms with Gasteiger partial charge in [-0.1, -0.05) is 62.2 Å². The van der Waals surface area contributed by atoms with Crippen LogP contribution in [0.25, 0.3) is 37.5 Å². The Kier molecular flexibility index (Phi) is 24.8. The topological polar surface area (TPSA) is 262 Å². The number of ether oxygens (including phenoxy) is 3. The Labute approximate surface area is 518 Å². The highest BCUT2D eigenvalue weighted by Crippen LogP contribution is 2.29. The summed E-state index contributed by atoms with van der Waals surface area (Å²) >= 11 is 13.8. The number of aromatic carboxylic acids is 1. The first-order valence-corrected chi connectivity index (χ1v) is 29.9. The molecular formula is C61H68Br2ClN13O7S. The monoisotopic (exact) mass is 1320 g/mol. The van der Waals surface area contributed by atoms with Crippen LogP contribution in [0.1, 0.15) is 65.7 Å². The number of anilines is 4. The average Bonchev–Trinajstić information content (AvgIpc) is 3.11. The molecule has 8 heterocycles. The number of morpholine rings is 1. The molecule has 85 heavy (non-hydrogen) atoms. The van der Waals surface area contributed by atoms with Crippen molar-refractivity contribution in [1.29, 1.82) is 0 Å². The lowest BCUT2D eigenvalue weighted by Crippen LogP contribution is -2.39. The van der Waals surface area contributed by atoms with Crippen LogP contribution in [-0.4, -0.2) is 147 Å². The zero-order chi connectivity index (χ0) is 60.9. The molecule has 12 rings (SSSR count). The molecule has 7 N–H and O–H groups in total. The van der Waals surface area contributed by atoms with E-state index in [9.17, 15) is 14.4 Å². The number of Topliss-reactive ketones (excluding diaryl/α,β-unsaturated/α-hetero) is 1. The molecule has 3 aliphatic rings. The number of carbonyl (C=O) groups is 3. The number of thiophene rings is 1. The first-order chi connectivity index (χ1) is 40.8. The molecule has 0 aliphatic carbocycles. The van der Waals surface area contributed by atoms with Gasteiger partial charge in [-0.15, -0.1) is 11.3 Å². The van der Waals surface area contributed by atoms with E-state index in [-0.39, 0.29) is 11.1 Å². The number of aryl methyl sites for hydroxylation is 1. The Morgan fingerprint density at radius 3 is 2.16 bits per heavy atom. The van der Waals surface area contributed by atoms with Crippen molar-refractivity contribution in [3.63, 3.8) is 0 Å². The van der Waals surface area contributed by atoms with E-state index in [1.165, 1.54) is 27.2 Å². The number of nitrogens with one attached hydrogen (secondary N) is 4. The second-order valence-electron chi connectivity index (χ2n) is 20.2. The number of aromatic nitrogens is 7. The van der Waals surface area contributed by atoms with E-state index >= 15 is 0 Å². The van der Waals surface area contributed by atoms with Crippen LogP contribution in [0.3, 0.4) is 0 Å². The van der Waals surface area contributed by atoms with Gasteiger partial charge in [-0.3, -0.25) is 14.7 Å². The maximum Gasteiger partial charge on any atom is 0.435 e. The molecule has 446 valence electrons. The number of fused-ring (bicyclic) bond motifs is 3. The van der Waals surface area contributed by atoms with Crippen molar-refractivity contribution in [1.82, 2.24) is 44.9 Å². The van der Waals surface area contributed by atoms with E-state index in [2.05, 4.69) is 106 Å². The van der Waals surface area contributed by atoms with Crippen LogP contribution < -0.4 is 21.7 Å². The van der Waals surface area contributed by atoms with Gasteiger partial charge >= 0.3 is 12.1 Å². The van der Waals surface area contributed by atoms with Gasteiger partial charge in [0.1, 0.15) is 27.9 Å². The summed E-state index contributed by atoms with van der Waals surface area (Å²) in [5, 5.41) is 25.4. The van der Waals surface area contributed by atoms with Gasteiger partial charge in [-0.25, -0.2) is 29.5 Å². The molecule has 0 radical (unpaired) electrons. The van der Waals surface area contributed by atoms with Crippen LogP contribution >= 0.6 is 54.8 Å². The number of H-pyrrole nitrogens is 1. The number of allylic oxidation sites excluding steroid dienone is 1. The predicted molar refractivity (Wildman–Crippen MR) is 347 cm³/mol. The number of ketones is 1. The van der Waals surface area contributed by atoms with Crippen molar-refractivity contribution >= 4 is 139 Å². The minimum Gasteiger partial charge on any atom is -0.477 e. The van der Waals surface area contributed by atoms with Gasteiger partial charge in [-0.05, 0) is 148 Å². The standard InChI is InChI=1S/C16H16ClN5O2.C15H14N4.C10H8BrNO.C9H5BrO2S.C7H16N2O.C4H9NO/c1-16(2,3)24-15(23)22-12-5-4-11(8-10(12)9-19-22)20-13-6-7-18-14(17)21-13;1-11-17-9-7-15(18-11)19-14-4-2-12(3-5-14)13-6-8-16-10-13;1-6(13)9-4-7-2-3-8(11)5-10(7)12-9;10-6-2-1-5-3-8(9(11)12)13-7(5)4-6;1-8-2-3-9-4-6-10-7-5-9;5-4-1-2-6-3-4/h4-9H,1-3H3,(H,18,20,21);2-7,9-10H,8H2,1H3,(H,17,18,19);2-5,12H,1H3;1-4H,(H,11,12);8H,2-7H2,1H3;4H,1-3,5H2. The number of aromatic amines is 1. The molecule has 1 unspecified atom stereocenters. The molecule has 20 nitrogen and oxygen atoms in total. The van der Waals surface area contributed by atoms with Gasteiger partial charge in [0.15, 0.2) is 5.78 Å². The summed E-state index contributed by atoms with van der Waals surface area (Å²) < 4.78 is 19.7. The lowest BCUT2D eigenvalue weighted by Gasteiger charge is -2.26. The minimum atomic E-state index is -0.864. The number of carboxylic acid groups (broad SMARTS) is 1. The lowest BCUT2D eigenvalue weighted by molar-refractivity contribution is 0.0386. The fourth-order valence-electron chi connectivity index (χ4n) is 8.13. The van der Waals surface area contributed by atoms with E-state index in [0.29, 0.717) is 27.9 Å². The predicted octanol–water partition coefficient (Wildman–Crippen LogP) is 12.8. The van der Waals surface area contributed by atoms with Gasteiger partial charge < -0.3 is 46.0 Å². The van der Waals surface area contributed by atoms with E-state index < -0.39 is 17.7 Å². The highest BCUT2D eigenvalue weighted by molar-refractivity contribution is 9.10. The van der Waals surface area contributed by atoms with Gasteiger partial charge in [-0.2, -0.15) is 9.78 Å². The van der Waals surface area contributed by atoms with E-state index in [1.54, 1.807) is 43.7 Å². The number of carbonyl (C=O) groups excluding carboxylic acids is 2. The number of hydrogen-bond donors (Lipinski definition) is 6. The maximum absolute atomic E-state index is 12.2. The molecule has 2 saturated heterocycles. The summed E-state index contributed by atoms with van der Waals surface area (Å²) in [6.45, 7) is 17.5. The number of nitrogens with two attached hydrogens (primary N) is 1. The minimum absolute atomic E-state index is 0.0623. The summed E-state index contributed by atoms with van der Waals surface area (Å²) in [6.07, 6.45) is 9.49.